The van der Waals surface area contributed by atoms with E-state index < -0.39 is 23.9 Å². The molecule has 0 aliphatic carbocycles. The second kappa shape index (κ2) is 13.0. The van der Waals surface area contributed by atoms with Crippen molar-refractivity contribution in [1.29, 1.82) is 0 Å². The number of nitrogens with one attached hydrogen (secondary N) is 3. The lowest BCUT2D eigenvalue weighted by Crippen LogP contribution is -2.57. The van der Waals surface area contributed by atoms with Gasteiger partial charge in [-0.2, -0.15) is 0 Å². The third-order valence-electron chi connectivity index (χ3n) is 6.21. The van der Waals surface area contributed by atoms with E-state index in [1.807, 2.05) is 0 Å². The average molecular weight is 508 g/mol. The van der Waals surface area contributed by atoms with E-state index in [1.54, 1.807) is 0 Å². The Morgan fingerprint density at radius 3 is 2.06 bits per heavy atom. The normalized spacial score (nSPS) is 19.9. The molecular weight excluding hydrogens is 474 g/mol. The van der Waals surface area contributed by atoms with Crippen molar-refractivity contribution < 1.29 is 33.9 Å². The van der Waals surface area contributed by atoms with Gasteiger partial charge < -0.3 is 40.7 Å². The minimum Gasteiger partial charge on any atom is -0.370 e. The number of amides is 6. The summed E-state index contributed by atoms with van der Waals surface area (Å²) in [5.41, 5.74) is 0. The molecule has 1 unspecified atom stereocenters. The Balaban J connectivity index is 1.27. The van der Waals surface area contributed by atoms with E-state index in [0.717, 1.165) is 0 Å². The van der Waals surface area contributed by atoms with Crippen LogP contribution in [0.1, 0.15) is 12.8 Å². The van der Waals surface area contributed by atoms with Crippen LogP contribution in [0, 0.1) is 0 Å². The predicted octanol–water partition coefficient (Wildman–Crippen LogP) is -4.18. The Bertz CT molecular complexity index is 895. The van der Waals surface area contributed by atoms with Crippen LogP contribution in [0.2, 0.25) is 0 Å². The standard InChI is InChI=1S/C22H33N7O7/c30-16(2-1-7-29-18(32)3-4-19(29)33)24-14-17(31)25-15-20(34)26-10-12-28(13-11-26)22(36)21(35)27-8-5-23-6-9-27/h3-4,18,23,32H,1-2,5-15H2,(H,24,30)(H,25,31). The lowest BCUT2D eigenvalue weighted by atomic mass is 10.2. The van der Waals surface area contributed by atoms with Crippen molar-refractivity contribution in [3.63, 3.8) is 0 Å². The SMILES string of the molecule is O=C(CCCN1C(=O)C=CC1O)NCC(=O)NCC(=O)N1CCN(C(=O)C(=O)N2CCNCC2)CC1. The van der Waals surface area contributed by atoms with Gasteiger partial charge >= 0.3 is 11.8 Å². The molecule has 14 heteroatoms. The first kappa shape index (κ1) is 27.1. The Hall–Kier alpha value is -3.52. The van der Waals surface area contributed by atoms with Gasteiger partial charge in [0, 0.05) is 71.4 Å². The van der Waals surface area contributed by atoms with Gasteiger partial charge in [0.1, 0.15) is 6.23 Å². The zero-order valence-corrected chi connectivity index (χ0v) is 20.1. The molecule has 0 spiro atoms. The molecule has 0 bridgehead atoms. The number of aliphatic hydroxyl groups is 1. The maximum absolute atomic E-state index is 12.5. The van der Waals surface area contributed by atoms with Crippen LogP contribution in [0.25, 0.3) is 0 Å². The van der Waals surface area contributed by atoms with Gasteiger partial charge in [0.25, 0.3) is 0 Å². The van der Waals surface area contributed by atoms with Crippen LogP contribution in [0.5, 0.6) is 0 Å². The maximum atomic E-state index is 12.5. The van der Waals surface area contributed by atoms with Crippen LogP contribution in [-0.2, 0) is 28.8 Å². The lowest BCUT2D eigenvalue weighted by molar-refractivity contribution is -0.154. The molecule has 4 N–H and O–H groups in total. The molecule has 0 aromatic heterocycles. The summed E-state index contributed by atoms with van der Waals surface area (Å²) in [5.74, 6) is -2.64. The smallest absolute Gasteiger partial charge is 0.312 e. The third-order valence-corrected chi connectivity index (χ3v) is 6.21. The number of rotatable bonds is 8. The highest BCUT2D eigenvalue weighted by Crippen LogP contribution is 2.09. The maximum Gasteiger partial charge on any atom is 0.312 e. The third kappa shape index (κ3) is 7.49. The number of hydrogen-bond donors (Lipinski definition) is 4. The van der Waals surface area contributed by atoms with Crippen LogP contribution in [-0.4, -0.2) is 138 Å². The predicted molar refractivity (Wildman–Crippen MR) is 125 cm³/mol. The minimum absolute atomic E-state index is 0.0723. The number of aliphatic hydroxyl groups excluding tert-OH is 1. The topological polar surface area (TPSA) is 172 Å². The molecule has 6 amide bonds. The fraction of sp³-hybridized carbons (Fsp3) is 0.636. The van der Waals surface area contributed by atoms with Gasteiger partial charge in [0.2, 0.25) is 23.6 Å². The highest BCUT2D eigenvalue weighted by molar-refractivity contribution is 6.35. The summed E-state index contributed by atoms with van der Waals surface area (Å²) in [6.07, 6.45) is 2.05. The molecule has 1 atom stereocenters. The summed E-state index contributed by atoms with van der Waals surface area (Å²) < 4.78 is 0. The van der Waals surface area contributed by atoms with Crippen LogP contribution in [0.15, 0.2) is 12.2 Å². The summed E-state index contributed by atoms with van der Waals surface area (Å²) in [6.45, 7) is 2.95. The number of carbonyl (C=O) groups is 6. The summed E-state index contributed by atoms with van der Waals surface area (Å²) in [7, 11) is 0. The number of nitrogens with zero attached hydrogens (tertiary/aromatic N) is 4. The molecule has 2 saturated heterocycles. The minimum atomic E-state index is -0.979. The van der Waals surface area contributed by atoms with Crippen LogP contribution in [0.4, 0.5) is 0 Å². The second-order valence-corrected chi connectivity index (χ2v) is 8.68. The Morgan fingerprint density at radius 1 is 0.861 bits per heavy atom. The first-order chi connectivity index (χ1) is 17.3. The molecule has 0 saturated carbocycles. The zero-order chi connectivity index (χ0) is 26.1. The van der Waals surface area contributed by atoms with Gasteiger partial charge in [-0.1, -0.05) is 0 Å². The molecule has 0 aromatic carbocycles. The van der Waals surface area contributed by atoms with E-state index in [0.29, 0.717) is 32.6 Å². The van der Waals surface area contributed by atoms with Crippen LogP contribution in [0.3, 0.4) is 0 Å². The van der Waals surface area contributed by atoms with Gasteiger partial charge in [-0.15, -0.1) is 0 Å². The summed E-state index contributed by atoms with van der Waals surface area (Å²) in [5, 5.41) is 17.6. The van der Waals surface area contributed by atoms with Gasteiger partial charge in [0.15, 0.2) is 0 Å². The molecule has 3 aliphatic rings. The van der Waals surface area contributed by atoms with Crippen molar-refractivity contribution in [1.82, 2.24) is 35.6 Å². The fourth-order valence-corrected chi connectivity index (χ4v) is 4.06. The van der Waals surface area contributed by atoms with Gasteiger partial charge in [-0.3, -0.25) is 28.8 Å². The van der Waals surface area contributed by atoms with Crippen molar-refractivity contribution >= 4 is 35.4 Å². The molecule has 3 rings (SSSR count). The fourth-order valence-electron chi connectivity index (χ4n) is 4.06. The summed E-state index contributed by atoms with van der Waals surface area (Å²) >= 11 is 0. The second-order valence-electron chi connectivity index (χ2n) is 8.68. The van der Waals surface area contributed by atoms with Gasteiger partial charge in [-0.05, 0) is 12.5 Å². The molecular formula is C22H33N7O7. The van der Waals surface area contributed by atoms with Gasteiger partial charge in [0.05, 0.1) is 13.1 Å². The quantitative estimate of drug-likeness (QED) is 0.240. The van der Waals surface area contributed by atoms with Crippen molar-refractivity contribution in [3.8, 4) is 0 Å². The number of hydrogen-bond acceptors (Lipinski definition) is 8. The van der Waals surface area contributed by atoms with Crippen molar-refractivity contribution in [2.75, 3.05) is 72.0 Å². The van der Waals surface area contributed by atoms with E-state index in [9.17, 15) is 33.9 Å². The van der Waals surface area contributed by atoms with Crippen molar-refractivity contribution in [3.05, 3.63) is 12.2 Å². The molecule has 36 heavy (non-hydrogen) atoms. The van der Waals surface area contributed by atoms with Gasteiger partial charge in [-0.25, -0.2) is 0 Å². The summed E-state index contributed by atoms with van der Waals surface area (Å²) in [6, 6.07) is 0. The van der Waals surface area contributed by atoms with Crippen molar-refractivity contribution in [2.45, 2.75) is 19.1 Å². The van der Waals surface area contributed by atoms with Crippen LogP contribution < -0.4 is 16.0 Å². The monoisotopic (exact) mass is 507 g/mol. The molecule has 198 valence electrons. The molecule has 0 radical (unpaired) electrons. The zero-order valence-electron chi connectivity index (χ0n) is 20.1. The summed E-state index contributed by atoms with van der Waals surface area (Å²) in [4.78, 5) is 78.3. The highest BCUT2D eigenvalue weighted by Gasteiger charge is 2.31. The molecule has 3 aliphatic heterocycles. The average Bonchev–Trinajstić information content (AvgIpc) is 3.22. The Labute approximate surface area is 208 Å². The molecule has 3 heterocycles. The highest BCUT2D eigenvalue weighted by atomic mass is 16.3. The van der Waals surface area contributed by atoms with E-state index in [-0.39, 0.29) is 70.0 Å². The van der Waals surface area contributed by atoms with E-state index >= 15 is 0 Å². The molecule has 0 aromatic rings. The lowest BCUT2D eigenvalue weighted by Gasteiger charge is -2.36. The number of piperazine rings is 2. The van der Waals surface area contributed by atoms with E-state index in [4.69, 9.17) is 0 Å². The van der Waals surface area contributed by atoms with Crippen molar-refractivity contribution in [2.24, 2.45) is 0 Å². The first-order valence-corrected chi connectivity index (χ1v) is 12.0. The van der Waals surface area contributed by atoms with Crippen LogP contribution >= 0.6 is 0 Å². The Morgan fingerprint density at radius 2 is 1.44 bits per heavy atom. The largest absolute Gasteiger partial charge is 0.370 e. The van der Waals surface area contributed by atoms with E-state index in [1.165, 1.54) is 31.8 Å². The van der Waals surface area contributed by atoms with E-state index in [2.05, 4.69) is 16.0 Å². The number of carbonyl (C=O) groups excluding carboxylic acids is 6. The first-order valence-electron chi connectivity index (χ1n) is 12.0. The Kier molecular flexibility index (Phi) is 9.76. The molecule has 14 nitrogen and oxygen atoms in total. The molecule has 2 fully saturated rings.